The summed E-state index contributed by atoms with van der Waals surface area (Å²) in [6.07, 6.45) is 4.41. The third kappa shape index (κ3) is 13.0. The lowest BCUT2D eigenvalue weighted by molar-refractivity contribution is 0.388. The molecule has 0 fully saturated rings. The lowest BCUT2D eigenvalue weighted by atomic mass is 9.98. The van der Waals surface area contributed by atoms with Crippen molar-refractivity contribution in [3.8, 4) is 45.0 Å². The Morgan fingerprint density at radius 3 is 1.12 bits per heavy atom. The van der Waals surface area contributed by atoms with E-state index in [0.717, 1.165) is 115 Å². The fourth-order valence-corrected chi connectivity index (χ4v) is 9.19. The second-order valence-electron chi connectivity index (χ2n) is 18.2. The van der Waals surface area contributed by atoms with Gasteiger partial charge in [-0.05, 0) is 71.2 Å². The number of nitrogens with zero attached hydrogens (tertiary/aromatic N) is 6. The van der Waals surface area contributed by atoms with E-state index in [9.17, 15) is 19.2 Å². The number of rotatable bonds is 16. The van der Waals surface area contributed by atoms with Crippen LogP contribution in [0.1, 0.15) is 83.1 Å². The van der Waals surface area contributed by atoms with Gasteiger partial charge in [0.25, 0.3) is 11.1 Å². The highest BCUT2D eigenvalue weighted by Gasteiger charge is 2.18. The molecule has 0 aliphatic rings. The lowest BCUT2D eigenvalue weighted by Crippen LogP contribution is -2.30. The van der Waals surface area contributed by atoms with Crippen LogP contribution in [0, 0.1) is 13.8 Å². The summed E-state index contributed by atoms with van der Waals surface area (Å²) in [6, 6.07) is 51.6. The summed E-state index contributed by atoms with van der Waals surface area (Å²) in [4.78, 5) is 65.2. The van der Waals surface area contributed by atoms with Gasteiger partial charge in [0, 0.05) is 59.3 Å². The first kappa shape index (κ1) is 55.5. The van der Waals surface area contributed by atoms with Crippen LogP contribution >= 0.6 is 29.4 Å². The molecular formula is C60H58BrClN8O6. The molecule has 2 N–H and O–H groups in total. The average Bonchev–Trinajstić information content (AvgIpc) is 4.07. The maximum atomic E-state index is 13.7. The molecule has 4 aromatic heterocycles. The Hall–Kier alpha value is -8.27. The highest BCUT2D eigenvalue weighted by molar-refractivity contribution is 8.93. The third-order valence-corrected chi connectivity index (χ3v) is 12.9. The smallest absolute Gasteiger partial charge is 0.296 e. The average molecular weight is 1100 g/mol. The SMILES string of the molecule is Br.CCCc1nc(C)c(Cc2ccccc2)c(=O)n1Cc1ccc(-c2ccccc2-c2noc(=O)[nH]2)cc1.CCCc1nc(C)c(Cc2ccccc2)c(=O)n1Cc1ccc(-c2ccccc2-c2noc(=O)[nH]2)cc1.Cl. The summed E-state index contributed by atoms with van der Waals surface area (Å²) in [6.45, 7) is 8.94. The number of halogens is 2. The highest BCUT2D eigenvalue weighted by Crippen LogP contribution is 2.31. The minimum Gasteiger partial charge on any atom is -0.296 e. The van der Waals surface area contributed by atoms with Crippen molar-refractivity contribution in [1.29, 1.82) is 0 Å². The number of aryl methyl sites for hydroxylation is 4. The summed E-state index contributed by atoms with van der Waals surface area (Å²) >= 11 is 0. The third-order valence-electron chi connectivity index (χ3n) is 12.9. The van der Waals surface area contributed by atoms with Crippen LogP contribution in [0.3, 0.4) is 0 Å². The molecule has 14 nitrogen and oxygen atoms in total. The first-order chi connectivity index (χ1) is 36.1. The van der Waals surface area contributed by atoms with E-state index >= 15 is 0 Å². The number of nitrogens with one attached hydrogen (secondary N) is 2. The van der Waals surface area contributed by atoms with Gasteiger partial charge in [-0.15, -0.1) is 29.4 Å². The second-order valence-corrected chi connectivity index (χ2v) is 18.2. The Bertz CT molecular complexity index is 3520. The minimum atomic E-state index is -0.591. The van der Waals surface area contributed by atoms with E-state index in [4.69, 9.17) is 19.0 Å². The van der Waals surface area contributed by atoms with Crippen LogP contribution in [-0.4, -0.2) is 39.4 Å². The molecule has 0 unspecified atom stereocenters. The molecular weight excluding hydrogens is 1040 g/mol. The van der Waals surface area contributed by atoms with Gasteiger partial charge in [-0.3, -0.25) is 37.7 Å². The summed E-state index contributed by atoms with van der Waals surface area (Å²) in [5.41, 5.74) is 12.6. The number of aromatic nitrogens is 8. The molecule has 0 aliphatic carbocycles. The lowest BCUT2D eigenvalue weighted by Gasteiger charge is -2.16. The van der Waals surface area contributed by atoms with E-state index < -0.39 is 11.5 Å². The summed E-state index contributed by atoms with van der Waals surface area (Å²) in [5, 5.41) is 7.68. The Morgan fingerprint density at radius 1 is 0.447 bits per heavy atom. The van der Waals surface area contributed by atoms with Gasteiger partial charge in [-0.25, -0.2) is 19.6 Å². The fraction of sp³-hybridized carbons (Fsp3) is 0.200. The Balaban J connectivity index is 0.000000216. The summed E-state index contributed by atoms with van der Waals surface area (Å²) in [5.74, 6) is 1.21. The first-order valence-corrected chi connectivity index (χ1v) is 24.8. The molecule has 76 heavy (non-hydrogen) atoms. The van der Waals surface area contributed by atoms with Crippen molar-refractivity contribution in [1.82, 2.24) is 39.4 Å². The van der Waals surface area contributed by atoms with Gasteiger partial charge in [0.1, 0.15) is 11.6 Å². The van der Waals surface area contributed by atoms with Crippen molar-refractivity contribution in [2.75, 3.05) is 0 Å². The van der Waals surface area contributed by atoms with Crippen LogP contribution < -0.4 is 22.6 Å². The predicted molar refractivity (Wildman–Crippen MR) is 305 cm³/mol. The molecule has 6 aromatic carbocycles. The van der Waals surface area contributed by atoms with Crippen molar-refractivity contribution in [2.45, 2.75) is 79.3 Å². The maximum absolute atomic E-state index is 13.7. The summed E-state index contributed by atoms with van der Waals surface area (Å²) < 4.78 is 13.0. The molecule has 16 heteroatoms. The van der Waals surface area contributed by atoms with Gasteiger partial charge >= 0.3 is 11.5 Å². The molecule has 10 aromatic rings. The quantitative estimate of drug-likeness (QED) is 0.0942. The fourth-order valence-electron chi connectivity index (χ4n) is 9.19. The monoisotopic (exact) mass is 1100 g/mol. The van der Waals surface area contributed by atoms with Gasteiger partial charge in [-0.2, -0.15) is 0 Å². The molecule has 10 rings (SSSR count). The Kier molecular flexibility index (Phi) is 18.8. The normalized spacial score (nSPS) is 10.8. The second kappa shape index (κ2) is 25.8. The van der Waals surface area contributed by atoms with Crippen molar-refractivity contribution in [3.63, 3.8) is 0 Å². The van der Waals surface area contributed by atoms with Crippen molar-refractivity contribution >= 4 is 29.4 Å². The molecule has 388 valence electrons. The van der Waals surface area contributed by atoms with Crippen LogP contribution in [0.4, 0.5) is 0 Å². The Morgan fingerprint density at radius 2 is 0.789 bits per heavy atom. The molecule has 0 saturated carbocycles. The number of hydrogen-bond donors (Lipinski definition) is 2. The number of H-pyrrole nitrogens is 2. The van der Waals surface area contributed by atoms with Gasteiger partial charge in [0.2, 0.25) is 0 Å². The molecule has 0 amide bonds. The molecule has 0 radical (unpaired) electrons. The van der Waals surface area contributed by atoms with E-state index in [1.54, 1.807) is 0 Å². The Labute approximate surface area is 455 Å². The van der Waals surface area contributed by atoms with E-state index in [0.29, 0.717) is 37.6 Å². The van der Waals surface area contributed by atoms with Gasteiger partial charge in [0.15, 0.2) is 11.6 Å². The molecule has 0 bridgehead atoms. The van der Waals surface area contributed by atoms with Crippen LogP contribution in [0.5, 0.6) is 0 Å². The predicted octanol–water partition coefficient (Wildman–Crippen LogP) is 11.3. The van der Waals surface area contributed by atoms with Gasteiger partial charge in [0.05, 0.1) is 13.1 Å². The molecule has 0 saturated heterocycles. The highest BCUT2D eigenvalue weighted by atomic mass is 79.9. The zero-order chi connectivity index (χ0) is 51.6. The van der Waals surface area contributed by atoms with E-state index in [-0.39, 0.29) is 40.5 Å². The van der Waals surface area contributed by atoms with Crippen LogP contribution in [-0.2, 0) is 38.8 Å². The topological polar surface area (TPSA) is 188 Å². The van der Waals surface area contributed by atoms with Crippen LogP contribution in [0.2, 0.25) is 0 Å². The van der Waals surface area contributed by atoms with Crippen LogP contribution in [0.25, 0.3) is 45.0 Å². The first-order valence-electron chi connectivity index (χ1n) is 24.8. The van der Waals surface area contributed by atoms with Gasteiger partial charge < -0.3 is 0 Å². The van der Waals surface area contributed by atoms with E-state index in [1.807, 2.05) is 181 Å². The molecule has 0 aliphatic heterocycles. The van der Waals surface area contributed by atoms with Crippen molar-refractivity contribution in [3.05, 3.63) is 256 Å². The number of hydrogen-bond acceptors (Lipinski definition) is 10. The van der Waals surface area contributed by atoms with E-state index in [1.165, 1.54) is 0 Å². The standard InChI is InChI=1S/2C30H28N4O3.BrH.ClH/c2*1-3-9-27-31-20(2)26(18-21-10-5-4-6-11-21)29(35)34(27)19-22-14-16-23(17-15-22)24-12-7-8-13-25(24)28-32-30(36)37-33-28;;/h2*4-8,10-17H,3,9,18-19H2,1-2H3,(H,32,33,36);2*1H. The van der Waals surface area contributed by atoms with Crippen LogP contribution in [0.15, 0.2) is 186 Å². The molecule has 4 heterocycles. The van der Waals surface area contributed by atoms with Gasteiger partial charge in [-0.1, -0.05) is 182 Å². The summed E-state index contributed by atoms with van der Waals surface area (Å²) in [7, 11) is 0. The number of aromatic amines is 2. The minimum absolute atomic E-state index is 0. The zero-order valence-corrected chi connectivity index (χ0v) is 45.1. The number of benzene rings is 6. The zero-order valence-electron chi connectivity index (χ0n) is 42.6. The van der Waals surface area contributed by atoms with Crippen molar-refractivity contribution in [2.24, 2.45) is 0 Å². The van der Waals surface area contributed by atoms with E-state index in [2.05, 4.69) is 34.1 Å². The van der Waals surface area contributed by atoms with Crippen molar-refractivity contribution < 1.29 is 9.05 Å². The maximum Gasteiger partial charge on any atom is 0.439 e. The molecule has 0 spiro atoms. The molecule has 0 atom stereocenters. The largest absolute Gasteiger partial charge is 0.439 e.